The summed E-state index contributed by atoms with van der Waals surface area (Å²) in [5.74, 6) is 0.320. The average Bonchev–Trinajstić information content (AvgIpc) is 3.29. The molecule has 0 fully saturated rings. The van der Waals surface area contributed by atoms with Gasteiger partial charge in [-0.05, 0) is 87.2 Å². The average molecular weight is 458 g/mol. The first kappa shape index (κ1) is 23.9. The number of fused-ring (bicyclic) bond motifs is 1. The quantitative estimate of drug-likeness (QED) is 0.429. The van der Waals surface area contributed by atoms with Gasteiger partial charge in [0.1, 0.15) is 0 Å². The molecular weight excluding hydrogens is 422 g/mol. The molecule has 178 valence electrons. The SMILES string of the molecule is C/C(=C\c1ccc(C(=O)Nc2nn[nH]n2)cc1)c1cc2c(cc1C(C)C)C(C)(C)CCC2(C)C. The standard InChI is InChI=1S/C28H35N5O/c1-17(2)21-15-23-24(28(6,7)13-12-27(23,4)5)16-22(21)18(3)14-19-8-10-20(11-9-19)25(34)29-26-30-32-33-31-26/h8-11,14-17H,12-13H2,1-7H3,(H2,29,30,31,32,33,34)/b18-14+. The van der Waals surface area contributed by atoms with Gasteiger partial charge in [0.2, 0.25) is 0 Å². The molecule has 1 aliphatic carbocycles. The number of amides is 1. The zero-order valence-electron chi connectivity index (χ0n) is 21.3. The maximum Gasteiger partial charge on any atom is 0.270 e. The highest BCUT2D eigenvalue weighted by molar-refractivity contribution is 6.03. The number of hydrogen-bond donors (Lipinski definition) is 2. The van der Waals surface area contributed by atoms with Crippen LogP contribution >= 0.6 is 0 Å². The van der Waals surface area contributed by atoms with Crippen molar-refractivity contribution >= 4 is 23.5 Å². The van der Waals surface area contributed by atoms with E-state index in [0.29, 0.717) is 11.5 Å². The van der Waals surface area contributed by atoms with Crippen LogP contribution in [-0.2, 0) is 10.8 Å². The van der Waals surface area contributed by atoms with E-state index in [0.717, 1.165) is 5.56 Å². The second-order valence-corrected chi connectivity index (χ2v) is 11.0. The number of H-pyrrole nitrogens is 1. The van der Waals surface area contributed by atoms with Crippen LogP contribution in [0.3, 0.4) is 0 Å². The second kappa shape index (κ2) is 8.82. The molecule has 1 aliphatic rings. The number of nitrogens with one attached hydrogen (secondary N) is 2. The number of nitrogens with zero attached hydrogens (tertiary/aromatic N) is 3. The Morgan fingerprint density at radius 2 is 1.65 bits per heavy atom. The Bertz CT molecular complexity index is 1220. The minimum absolute atomic E-state index is 0.157. The molecule has 1 heterocycles. The first-order valence-electron chi connectivity index (χ1n) is 12.0. The number of carbonyl (C=O) groups is 1. The van der Waals surface area contributed by atoms with Crippen molar-refractivity contribution in [1.82, 2.24) is 20.6 Å². The summed E-state index contributed by atoms with van der Waals surface area (Å²) < 4.78 is 0. The maximum atomic E-state index is 12.4. The predicted molar refractivity (Wildman–Crippen MR) is 138 cm³/mol. The molecule has 6 nitrogen and oxygen atoms in total. The molecule has 34 heavy (non-hydrogen) atoms. The summed E-state index contributed by atoms with van der Waals surface area (Å²) in [7, 11) is 0. The van der Waals surface area contributed by atoms with E-state index < -0.39 is 0 Å². The Labute approximate surface area is 202 Å². The first-order chi connectivity index (χ1) is 16.0. The monoisotopic (exact) mass is 457 g/mol. The molecule has 0 aliphatic heterocycles. The van der Waals surface area contributed by atoms with E-state index in [1.807, 2.05) is 24.3 Å². The lowest BCUT2D eigenvalue weighted by atomic mass is 9.62. The molecule has 2 aromatic carbocycles. The van der Waals surface area contributed by atoms with E-state index in [9.17, 15) is 4.79 Å². The molecule has 1 aromatic heterocycles. The van der Waals surface area contributed by atoms with Crippen LogP contribution in [0.15, 0.2) is 36.4 Å². The van der Waals surface area contributed by atoms with Crippen molar-refractivity contribution in [2.75, 3.05) is 5.32 Å². The van der Waals surface area contributed by atoms with Crippen molar-refractivity contribution in [2.24, 2.45) is 0 Å². The fraction of sp³-hybridized carbons (Fsp3) is 0.429. The highest BCUT2D eigenvalue weighted by Gasteiger charge is 2.37. The minimum atomic E-state index is -0.268. The highest BCUT2D eigenvalue weighted by Crippen LogP contribution is 2.48. The van der Waals surface area contributed by atoms with Crippen molar-refractivity contribution < 1.29 is 4.79 Å². The van der Waals surface area contributed by atoms with Gasteiger partial charge in [-0.3, -0.25) is 10.1 Å². The van der Waals surface area contributed by atoms with Crippen LogP contribution in [0.25, 0.3) is 11.6 Å². The predicted octanol–water partition coefficient (Wildman–Crippen LogP) is 6.48. The van der Waals surface area contributed by atoms with E-state index in [1.54, 1.807) is 0 Å². The van der Waals surface area contributed by atoms with Crippen LogP contribution in [0.1, 0.15) is 105 Å². The van der Waals surface area contributed by atoms with Crippen molar-refractivity contribution in [3.8, 4) is 0 Å². The molecule has 0 unspecified atom stereocenters. The Kier molecular flexibility index (Phi) is 6.19. The molecule has 1 amide bonds. The number of tetrazole rings is 1. The number of carbonyl (C=O) groups excluding carboxylic acids is 1. The minimum Gasteiger partial charge on any atom is -0.288 e. The lowest BCUT2D eigenvalue weighted by Gasteiger charge is -2.43. The summed E-state index contributed by atoms with van der Waals surface area (Å²) in [6.07, 6.45) is 4.62. The molecule has 0 radical (unpaired) electrons. The van der Waals surface area contributed by atoms with Gasteiger partial charge in [0.05, 0.1) is 0 Å². The third kappa shape index (κ3) is 4.67. The largest absolute Gasteiger partial charge is 0.288 e. The number of aromatic amines is 1. The van der Waals surface area contributed by atoms with Gasteiger partial charge >= 0.3 is 0 Å². The normalized spacial score (nSPS) is 16.9. The summed E-state index contributed by atoms with van der Waals surface area (Å²) in [5.41, 5.74) is 8.89. The zero-order chi connectivity index (χ0) is 24.7. The summed E-state index contributed by atoms with van der Waals surface area (Å²) >= 11 is 0. The van der Waals surface area contributed by atoms with Crippen LogP contribution in [0.2, 0.25) is 0 Å². The van der Waals surface area contributed by atoms with Crippen LogP contribution in [0.5, 0.6) is 0 Å². The molecule has 6 heteroatoms. The Hall–Kier alpha value is -3.28. The van der Waals surface area contributed by atoms with Gasteiger partial charge in [-0.15, -0.1) is 5.10 Å². The van der Waals surface area contributed by atoms with E-state index in [1.165, 1.54) is 40.7 Å². The lowest BCUT2D eigenvalue weighted by molar-refractivity contribution is 0.102. The van der Waals surface area contributed by atoms with Gasteiger partial charge in [0.15, 0.2) is 0 Å². The molecule has 3 aromatic rings. The van der Waals surface area contributed by atoms with Crippen molar-refractivity contribution in [3.05, 3.63) is 69.8 Å². The Balaban J connectivity index is 1.67. The van der Waals surface area contributed by atoms with Crippen molar-refractivity contribution in [2.45, 2.75) is 78.1 Å². The smallest absolute Gasteiger partial charge is 0.270 e. The molecular formula is C28H35N5O. The Morgan fingerprint density at radius 1 is 1.03 bits per heavy atom. The van der Waals surface area contributed by atoms with E-state index in [2.05, 4.69) is 92.6 Å². The maximum absolute atomic E-state index is 12.4. The number of rotatable bonds is 5. The second-order valence-electron chi connectivity index (χ2n) is 11.0. The van der Waals surface area contributed by atoms with Crippen molar-refractivity contribution in [1.29, 1.82) is 0 Å². The number of allylic oxidation sites excluding steroid dienone is 1. The van der Waals surface area contributed by atoms with E-state index >= 15 is 0 Å². The lowest BCUT2D eigenvalue weighted by Crippen LogP contribution is -2.34. The summed E-state index contributed by atoms with van der Waals surface area (Å²) in [5, 5.41) is 15.9. The Morgan fingerprint density at radius 3 is 2.21 bits per heavy atom. The fourth-order valence-electron chi connectivity index (χ4n) is 4.90. The molecule has 2 N–H and O–H groups in total. The third-order valence-electron chi connectivity index (χ3n) is 7.20. The summed E-state index contributed by atoms with van der Waals surface area (Å²) in [6.45, 7) is 16.2. The van der Waals surface area contributed by atoms with Crippen LogP contribution in [0.4, 0.5) is 5.95 Å². The molecule has 0 saturated carbocycles. The molecule has 0 bridgehead atoms. The van der Waals surface area contributed by atoms with Crippen molar-refractivity contribution in [3.63, 3.8) is 0 Å². The summed E-state index contributed by atoms with van der Waals surface area (Å²) in [6, 6.07) is 12.5. The molecule has 0 spiro atoms. The van der Waals surface area contributed by atoms with Gasteiger partial charge in [-0.25, -0.2) is 0 Å². The topological polar surface area (TPSA) is 83.6 Å². The third-order valence-corrected chi connectivity index (χ3v) is 7.20. The van der Waals surface area contributed by atoms with Gasteiger partial charge in [-0.2, -0.15) is 5.21 Å². The van der Waals surface area contributed by atoms with Gasteiger partial charge in [0, 0.05) is 5.56 Å². The van der Waals surface area contributed by atoms with Gasteiger partial charge in [0.25, 0.3) is 11.9 Å². The molecule has 0 atom stereocenters. The highest BCUT2D eigenvalue weighted by atomic mass is 16.1. The van der Waals surface area contributed by atoms with Crippen LogP contribution in [0, 0.1) is 0 Å². The molecule has 4 rings (SSSR count). The number of anilines is 1. The fourth-order valence-corrected chi connectivity index (χ4v) is 4.90. The van der Waals surface area contributed by atoms with Gasteiger partial charge < -0.3 is 0 Å². The van der Waals surface area contributed by atoms with Crippen LogP contribution in [-0.4, -0.2) is 26.5 Å². The number of hydrogen-bond acceptors (Lipinski definition) is 4. The number of benzene rings is 2. The van der Waals surface area contributed by atoms with Crippen LogP contribution < -0.4 is 5.32 Å². The number of aromatic nitrogens is 4. The van der Waals surface area contributed by atoms with E-state index in [4.69, 9.17) is 0 Å². The van der Waals surface area contributed by atoms with Gasteiger partial charge in [-0.1, -0.05) is 77.0 Å². The van der Waals surface area contributed by atoms with E-state index in [-0.39, 0.29) is 22.7 Å². The summed E-state index contributed by atoms with van der Waals surface area (Å²) in [4.78, 5) is 12.4. The molecule has 0 saturated heterocycles. The first-order valence-corrected chi connectivity index (χ1v) is 12.0. The zero-order valence-corrected chi connectivity index (χ0v) is 21.3.